The fourth-order valence-electron chi connectivity index (χ4n) is 7.91. The topological polar surface area (TPSA) is 201 Å². The van der Waals surface area contributed by atoms with Gasteiger partial charge in [-0.25, -0.2) is 22.6 Å². The van der Waals surface area contributed by atoms with E-state index >= 15 is 0 Å². The zero-order valence-electron chi connectivity index (χ0n) is 30.1. The molecule has 1 aromatic carbocycles. The summed E-state index contributed by atoms with van der Waals surface area (Å²) in [6, 6.07) is 2.73. The van der Waals surface area contributed by atoms with Gasteiger partial charge < -0.3 is 25.4 Å². The molecule has 15 nitrogen and oxygen atoms in total. The molecule has 4 N–H and O–H groups in total. The van der Waals surface area contributed by atoms with Crippen LogP contribution in [0.15, 0.2) is 36.5 Å². The van der Waals surface area contributed by atoms with E-state index in [2.05, 4.69) is 25.3 Å². The Morgan fingerprint density at radius 2 is 1.94 bits per heavy atom. The molecule has 290 valence electrons. The fraction of sp³-hybridized carbons (Fsp3) is 0.556. The third-order valence-electron chi connectivity index (χ3n) is 11.3. The number of sulfonamides is 1. The second-order valence-electron chi connectivity index (χ2n) is 15.4. The maximum atomic E-state index is 14.5. The van der Waals surface area contributed by atoms with Gasteiger partial charge in [0.25, 0.3) is 5.91 Å². The number of imidazole rings is 1. The summed E-state index contributed by atoms with van der Waals surface area (Å²) in [7, 11) is -4.40. The van der Waals surface area contributed by atoms with E-state index in [0.717, 1.165) is 0 Å². The van der Waals surface area contributed by atoms with Crippen LogP contribution in [0.5, 0.6) is 5.88 Å². The molecule has 7 atom stereocenters. The molecule has 0 radical (unpaired) electrons. The molecule has 4 amide bonds. The van der Waals surface area contributed by atoms with E-state index in [9.17, 15) is 37.1 Å². The van der Waals surface area contributed by atoms with Crippen LogP contribution in [-0.2, 0) is 24.4 Å². The number of carbonyl (C=O) groups is 4. The zero-order chi connectivity index (χ0) is 38.7. The van der Waals surface area contributed by atoms with Crippen molar-refractivity contribution in [2.24, 2.45) is 17.8 Å². The third kappa shape index (κ3) is 6.95. The molecule has 0 unspecified atom stereocenters. The van der Waals surface area contributed by atoms with Gasteiger partial charge in [0.15, 0.2) is 0 Å². The molecule has 2 saturated carbocycles. The Kier molecular flexibility index (Phi) is 9.77. The highest BCUT2D eigenvalue weighted by Gasteiger charge is 2.64. The quantitative estimate of drug-likeness (QED) is 0.256. The fourth-order valence-corrected chi connectivity index (χ4v) is 9.51. The molecule has 2 aromatic heterocycles. The van der Waals surface area contributed by atoms with Crippen LogP contribution in [0.25, 0.3) is 16.7 Å². The molecule has 1 saturated heterocycles. The lowest BCUT2D eigenvalue weighted by Crippen LogP contribution is -2.59. The van der Waals surface area contributed by atoms with Crippen LogP contribution in [0.2, 0.25) is 5.02 Å². The van der Waals surface area contributed by atoms with E-state index < -0.39 is 80.8 Å². The van der Waals surface area contributed by atoms with Crippen LogP contribution < -0.4 is 20.1 Å². The summed E-state index contributed by atoms with van der Waals surface area (Å²) >= 11 is 6.38. The molecule has 2 aliphatic heterocycles. The number of fused-ring (bicyclic) bond motifs is 5. The number of alkyl halides is 1. The number of hydrogen-bond acceptors (Lipinski definition) is 9. The number of amides is 4. The number of rotatable bonds is 7. The number of nitrogens with one attached hydrogen (secondary N) is 3. The Hall–Kier alpha value is -4.51. The van der Waals surface area contributed by atoms with E-state index in [1.807, 2.05) is 26.1 Å². The molecule has 18 heteroatoms. The molecule has 4 heterocycles. The maximum absolute atomic E-state index is 14.5. The van der Waals surface area contributed by atoms with Crippen LogP contribution in [0.3, 0.4) is 0 Å². The standard InChI is InChI=1S/C36H43ClFN7O8S/c1-19-6-4-5-7-22-15-36(22,32(48)43-54(51,52)35(18-38)10-11-35)42-29(46)27-14-24(17-44(27)31(47)28(20(2)12-19)40-34(49)50)53-30-25-13-23(37)8-9-26(25)45-16-21(3)39-33(45)41-30/h5,7-9,13,16,19-20,22,24,27-28,40H,4,6,10-12,14-15,17-18H2,1-3H3,(H,42,46)(H,43,48)(H,49,50)/t19-,20-,22-,24-,27+,28+,36-/m1/s1. The van der Waals surface area contributed by atoms with Gasteiger partial charge in [-0.15, -0.1) is 0 Å². The molecule has 2 aliphatic carbocycles. The summed E-state index contributed by atoms with van der Waals surface area (Å²) in [6.07, 6.45) is 5.14. The number of hydrogen-bond donors (Lipinski definition) is 4. The second kappa shape index (κ2) is 14.0. The number of nitrogens with zero attached hydrogens (tertiary/aromatic N) is 4. The number of ether oxygens (including phenoxy) is 1. The average molecular weight is 788 g/mol. The predicted octanol–water partition coefficient (Wildman–Crippen LogP) is 3.66. The largest absolute Gasteiger partial charge is 0.472 e. The van der Waals surface area contributed by atoms with Crippen molar-refractivity contribution in [3.63, 3.8) is 0 Å². The first-order valence-corrected chi connectivity index (χ1v) is 20.0. The molecular weight excluding hydrogens is 745 g/mol. The van der Waals surface area contributed by atoms with E-state index in [-0.39, 0.29) is 44.0 Å². The van der Waals surface area contributed by atoms with Crippen molar-refractivity contribution >= 4 is 62.1 Å². The van der Waals surface area contributed by atoms with Crippen molar-refractivity contribution in [1.82, 2.24) is 34.6 Å². The number of aryl methyl sites for hydroxylation is 1. The first-order chi connectivity index (χ1) is 25.6. The predicted molar refractivity (Wildman–Crippen MR) is 195 cm³/mol. The van der Waals surface area contributed by atoms with E-state index in [4.69, 9.17) is 16.3 Å². The summed E-state index contributed by atoms with van der Waals surface area (Å²) in [5, 5.41) is 15.9. The van der Waals surface area contributed by atoms with Crippen molar-refractivity contribution in [2.75, 3.05) is 13.2 Å². The highest BCUT2D eigenvalue weighted by Crippen LogP contribution is 2.48. The van der Waals surface area contributed by atoms with Crippen LogP contribution in [0, 0.1) is 24.7 Å². The van der Waals surface area contributed by atoms with Gasteiger partial charge in [-0.1, -0.05) is 37.6 Å². The number of carboxylic acid groups (broad SMARTS) is 1. The minimum atomic E-state index is -4.40. The van der Waals surface area contributed by atoms with E-state index in [1.165, 1.54) is 4.90 Å². The summed E-state index contributed by atoms with van der Waals surface area (Å²) in [4.78, 5) is 65.1. The lowest BCUT2D eigenvalue weighted by molar-refractivity contribution is -0.142. The Bertz CT molecular complexity index is 2180. The van der Waals surface area contributed by atoms with Crippen LogP contribution in [0.4, 0.5) is 9.18 Å². The molecule has 54 heavy (non-hydrogen) atoms. The molecule has 0 spiro atoms. The third-order valence-corrected chi connectivity index (χ3v) is 13.6. The van der Waals surface area contributed by atoms with Crippen molar-refractivity contribution in [1.29, 1.82) is 0 Å². The Balaban J connectivity index is 1.24. The molecule has 3 fully saturated rings. The van der Waals surface area contributed by atoms with Gasteiger partial charge in [0.2, 0.25) is 33.5 Å². The number of benzene rings is 1. The Morgan fingerprint density at radius 1 is 1.19 bits per heavy atom. The van der Waals surface area contributed by atoms with Gasteiger partial charge in [0, 0.05) is 23.6 Å². The number of halogens is 2. The zero-order valence-corrected chi connectivity index (χ0v) is 31.6. The van der Waals surface area contributed by atoms with Crippen LogP contribution >= 0.6 is 11.6 Å². The minimum Gasteiger partial charge on any atom is -0.472 e. The molecule has 7 rings (SSSR count). The van der Waals surface area contributed by atoms with Gasteiger partial charge in [0.05, 0.1) is 23.1 Å². The smallest absolute Gasteiger partial charge is 0.405 e. The van der Waals surface area contributed by atoms with Crippen molar-refractivity contribution in [3.05, 3.63) is 47.3 Å². The van der Waals surface area contributed by atoms with Crippen LogP contribution in [-0.4, -0.2) is 98.3 Å². The van der Waals surface area contributed by atoms with Crippen LogP contribution in [0.1, 0.15) is 64.5 Å². The van der Waals surface area contributed by atoms with Gasteiger partial charge in [-0.05, 0) is 75.5 Å². The summed E-state index contributed by atoms with van der Waals surface area (Å²) in [5.41, 5.74) is -0.274. The number of aromatic nitrogens is 3. The molecule has 4 aliphatic rings. The maximum Gasteiger partial charge on any atom is 0.405 e. The van der Waals surface area contributed by atoms with Crippen molar-refractivity contribution in [2.45, 2.75) is 94.2 Å². The molecule has 3 aromatic rings. The van der Waals surface area contributed by atoms with Gasteiger partial charge >= 0.3 is 6.09 Å². The monoisotopic (exact) mass is 787 g/mol. The van der Waals surface area contributed by atoms with Gasteiger partial charge in [-0.2, -0.15) is 4.98 Å². The SMILES string of the molecule is Cc1cn2c(n1)nc(O[C@@H]1C[C@H]3C(=O)N[C@]4(C(=O)NS(=O)(=O)C5(CF)CC5)C[C@H]4C=CCC[C@@H](C)C[C@@H](C)[C@H](NC(=O)O)C(=O)N3C1)c1cc(Cl)ccc12. The second-order valence-corrected chi connectivity index (χ2v) is 17.9. The van der Waals surface area contributed by atoms with Gasteiger partial charge in [0.1, 0.15) is 35.1 Å². The number of allylic oxidation sites excluding steroid dienone is 1. The highest BCUT2D eigenvalue weighted by atomic mass is 35.5. The Labute approximate surface area is 316 Å². The van der Waals surface area contributed by atoms with E-state index in [1.54, 1.807) is 35.6 Å². The highest BCUT2D eigenvalue weighted by molar-refractivity contribution is 7.91. The lowest BCUT2D eigenvalue weighted by Gasteiger charge is -2.32. The van der Waals surface area contributed by atoms with E-state index in [0.29, 0.717) is 46.7 Å². The number of carbonyl (C=O) groups excluding carboxylic acids is 3. The summed E-state index contributed by atoms with van der Waals surface area (Å²) in [6.45, 7) is 4.31. The summed E-state index contributed by atoms with van der Waals surface area (Å²) in [5.74, 6) is -2.83. The molecular formula is C36H43ClFN7O8S. The first kappa shape index (κ1) is 37.8. The van der Waals surface area contributed by atoms with Crippen molar-refractivity contribution < 1.29 is 41.8 Å². The molecule has 0 bridgehead atoms. The van der Waals surface area contributed by atoms with Crippen molar-refractivity contribution in [3.8, 4) is 5.88 Å². The summed E-state index contributed by atoms with van der Waals surface area (Å²) < 4.78 is 48.7. The normalized spacial score (nSPS) is 29.8. The minimum absolute atomic E-state index is 0.0704. The first-order valence-electron chi connectivity index (χ1n) is 18.1. The lowest BCUT2D eigenvalue weighted by atomic mass is 9.88. The Morgan fingerprint density at radius 3 is 2.65 bits per heavy atom. The van der Waals surface area contributed by atoms with Gasteiger partial charge in [-0.3, -0.25) is 23.5 Å². The average Bonchev–Trinajstić information content (AvgIpc) is 3.97.